The first-order valence-corrected chi connectivity index (χ1v) is 9.09. The van der Waals surface area contributed by atoms with E-state index in [2.05, 4.69) is 15.1 Å². The summed E-state index contributed by atoms with van der Waals surface area (Å²) in [7, 11) is 0. The number of aromatic nitrogens is 2. The van der Waals surface area contributed by atoms with Crippen LogP contribution in [0.3, 0.4) is 0 Å². The minimum absolute atomic E-state index is 0.0722. The molecule has 1 aromatic heterocycles. The number of hydrogen-bond donors (Lipinski definition) is 0. The molecule has 1 aliphatic rings. The lowest BCUT2D eigenvalue weighted by Crippen LogP contribution is -2.46. The lowest BCUT2D eigenvalue weighted by molar-refractivity contribution is -0.136. The van der Waals surface area contributed by atoms with Gasteiger partial charge in [0, 0.05) is 18.7 Å². The number of hydrogen-bond acceptors (Lipinski definition) is 5. The molecule has 2 atom stereocenters. The van der Waals surface area contributed by atoms with Crippen molar-refractivity contribution in [3.8, 4) is 11.5 Å². The number of carbonyl (C=O) groups excluding carboxylic acids is 1. The normalized spacial score (nSPS) is 19.1. The second-order valence-electron chi connectivity index (χ2n) is 6.39. The molecule has 0 aliphatic carbocycles. The molecule has 0 bridgehead atoms. The third kappa shape index (κ3) is 3.58. The summed E-state index contributed by atoms with van der Waals surface area (Å²) in [6.07, 6.45) is 1.90. The summed E-state index contributed by atoms with van der Waals surface area (Å²) in [6, 6.07) is 9.58. The number of likely N-dealkylation sites (tertiary alicyclic amines) is 1. The van der Waals surface area contributed by atoms with Crippen LogP contribution in [0, 0.1) is 0 Å². The van der Waals surface area contributed by atoms with Crippen LogP contribution in [0.1, 0.15) is 45.5 Å². The maximum atomic E-state index is 12.8. The van der Waals surface area contributed by atoms with Crippen LogP contribution in [0.5, 0.6) is 0 Å². The van der Waals surface area contributed by atoms with Gasteiger partial charge in [0.25, 0.3) is 0 Å². The van der Waals surface area contributed by atoms with E-state index in [-0.39, 0.29) is 18.0 Å². The number of carbonyl (C=O) groups is 1. The highest BCUT2D eigenvalue weighted by Crippen LogP contribution is 2.31. The van der Waals surface area contributed by atoms with Gasteiger partial charge >= 0.3 is 0 Å². The van der Waals surface area contributed by atoms with Crippen LogP contribution in [0.4, 0.5) is 0 Å². The molecule has 134 valence electrons. The van der Waals surface area contributed by atoms with Crippen molar-refractivity contribution in [2.75, 3.05) is 19.6 Å². The fourth-order valence-electron chi connectivity index (χ4n) is 3.51. The van der Waals surface area contributed by atoms with E-state index in [4.69, 9.17) is 4.42 Å². The number of rotatable bonds is 6. The van der Waals surface area contributed by atoms with Crippen LogP contribution in [-0.2, 0) is 4.79 Å². The van der Waals surface area contributed by atoms with E-state index < -0.39 is 0 Å². The van der Waals surface area contributed by atoms with Crippen LogP contribution in [0.15, 0.2) is 34.7 Å². The Morgan fingerprint density at radius 1 is 1.28 bits per heavy atom. The van der Waals surface area contributed by atoms with E-state index in [9.17, 15) is 4.79 Å². The van der Waals surface area contributed by atoms with Gasteiger partial charge in [-0.05, 0) is 52.3 Å². The first kappa shape index (κ1) is 17.6. The van der Waals surface area contributed by atoms with Crippen molar-refractivity contribution in [3.05, 3.63) is 36.2 Å². The molecule has 25 heavy (non-hydrogen) atoms. The van der Waals surface area contributed by atoms with Crippen molar-refractivity contribution in [2.24, 2.45) is 0 Å². The highest BCUT2D eigenvalue weighted by atomic mass is 16.4. The average molecular weight is 342 g/mol. The van der Waals surface area contributed by atoms with Crippen molar-refractivity contribution in [1.82, 2.24) is 20.0 Å². The van der Waals surface area contributed by atoms with Gasteiger partial charge < -0.3 is 9.32 Å². The Bertz CT molecular complexity index is 696. The molecule has 6 nitrogen and oxygen atoms in total. The predicted octanol–water partition coefficient (Wildman–Crippen LogP) is 3.13. The highest BCUT2D eigenvalue weighted by molar-refractivity contribution is 5.82. The molecule has 0 radical (unpaired) electrons. The van der Waals surface area contributed by atoms with Gasteiger partial charge in [0.05, 0.1) is 12.1 Å². The first-order valence-electron chi connectivity index (χ1n) is 9.09. The second-order valence-corrected chi connectivity index (χ2v) is 6.39. The van der Waals surface area contributed by atoms with Gasteiger partial charge in [-0.3, -0.25) is 9.69 Å². The van der Waals surface area contributed by atoms with Gasteiger partial charge in [0.1, 0.15) is 0 Å². The maximum absolute atomic E-state index is 12.8. The van der Waals surface area contributed by atoms with Crippen molar-refractivity contribution in [2.45, 2.75) is 45.7 Å². The molecule has 0 spiro atoms. The van der Waals surface area contributed by atoms with Crippen LogP contribution >= 0.6 is 0 Å². The predicted molar refractivity (Wildman–Crippen MR) is 95.8 cm³/mol. The molecule has 1 aliphatic heterocycles. The van der Waals surface area contributed by atoms with Crippen LogP contribution < -0.4 is 0 Å². The third-order valence-electron chi connectivity index (χ3n) is 4.97. The quantitative estimate of drug-likeness (QED) is 0.807. The maximum Gasteiger partial charge on any atom is 0.247 e. The van der Waals surface area contributed by atoms with E-state index in [1.165, 1.54) is 0 Å². The van der Waals surface area contributed by atoms with Crippen molar-refractivity contribution < 1.29 is 9.21 Å². The zero-order valence-electron chi connectivity index (χ0n) is 15.2. The lowest BCUT2D eigenvalue weighted by atomic mass is 10.1. The Hall–Kier alpha value is -2.21. The topological polar surface area (TPSA) is 62.5 Å². The molecule has 1 saturated heterocycles. The molecule has 0 N–H and O–H groups in total. The van der Waals surface area contributed by atoms with E-state index >= 15 is 0 Å². The smallest absolute Gasteiger partial charge is 0.247 e. The van der Waals surface area contributed by atoms with Crippen molar-refractivity contribution >= 4 is 5.91 Å². The Morgan fingerprint density at radius 3 is 2.68 bits per heavy atom. The van der Waals surface area contributed by atoms with E-state index in [1.807, 2.05) is 56.0 Å². The van der Waals surface area contributed by atoms with E-state index in [0.29, 0.717) is 11.8 Å². The summed E-state index contributed by atoms with van der Waals surface area (Å²) in [4.78, 5) is 16.9. The largest absolute Gasteiger partial charge is 0.419 e. The minimum atomic E-state index is -0.0954. The van der Waals surface area contributed by atoms with Gasteiger partial charge in [-0.15, -0.1) is 10.2 Å². The molecule has 1 fully saturated rings. The summed E-state index contributed by atoms with van der Waals surface area (Å²) >= 11 is 0. The fraction of sp³-hybridized carbons (Fsp3) is 0.526. The molecule has 2 aromatic rings. The van der Waals surface area contributed by atoms with E-state index in [0.717, 1.165) is 38.0 Å². The zero-order chi connectivity index (χ0) is 17.8. The number of benzene rings is 1. The molecule has 3 rings (SSSR count). The fourth-order valence-corrected chi connectivity index (χ4v) is 3.51. The van der Waals surface area contributed by atoms with Gasteiger partial charge in [-0.25, -0.2) is 0 Å². The molecule has 1 aromatic carbocycles. The highest BCUT2D eigenvalue weighted by Gasteiger charge is 2.37. The zero-order valence-corrected chi connectivity index (χ0v) is 15.2. The molecule has 0 unspecified atom stereocenters. The minimum Gasteiger partial charge on any atom is -0.419 e. The lowest BCUT2D eigenvalue weighted by Gasteiger charge is -2.31. The van der Waals surface area contributed by atoms with Crippen LogP contribution in [0.25, 0.3) is 11.5 Å². The Kier molecular flexibility index (Phi) is 5.48. The number of amides is 1. The molecule has 1 amide bonds. The molecular weight excluding hydrogens is 316 g/mol. The molecular formula is C19H26N4O2. The van der Waals surface area contributed by atoms with Gasteiger partial charge in [0.2, 0.25) is 17.7 Å². The van der Waals surface area contributed by atoms with Crippen molar-refractivity contribution in [1.29, 1.82) is 0 Å². The summed E-state index contributed by atoms with van der Waals surface area (Å²) in [5, 5.41) is 8.41. The monoisotopic (exact) mass is 342 g/mol. The first-order chi connectivity index (χ1) is 12.2. The Labute approximate surface area is 148 Å². The SMILES string of the molecule is CCN(CC)C(=O)[C@@H]1CCCN1[C@H](C)c1nnc(-c2ccccc2)o1. The summed E-state index contributed by atoms with van der Waals surface area (Å²) in [5.74, 6) is 1.29. The Balaban J connectivity index is 1.77. The molecule has 6 heteroatoms. The van der Waals surface area contributed by atoms with Gasteiger partial charge in [-0.2, -0.15) is 0 Å². The molecule has 2 heterocycles. The third-order valence-corrected chi connectivity index (χ3v) is 4.97. The molecule has 0 saturated carbocycles. The standard InChI is InChI=1S/C19H26N4O2/c1-4-22(5-2)19(24)16-12-9-13-23(16)14(3)17-20-21-18(25-17)15-10-7-6-8-11-15/h6-8,10-11,14,16H,4-5,9,12-13H2,1-3H3/t14-,16+/m1/s1. The Morgan fingerprint density at radius 2 is 2.00 bits per heavy atom. The van der Waals surface area contributed by atoms with Gasteiger partial charge in [-0.1, -0.05) is 18.2 Å². The van der Waals surface area contributed by atoms with E-state index in [1.54, 1.807) is 0 Å². The summed E-state index contributed by atoms with van der Waals surface area (Å²) in [6.45, 7) is 8.44. The summed E-state index contributed by atoms with van der Waals surface area (Å²) < 4.78 is 5.90. The van der Waals surface area contributed by atoms with Gasteiger partial charge in [0.15, 0.2) is 0 Å². The van der Waals surface area contributed by atoms with Crippen LogP contribution in [0.2, 0.25) is 0 Å². The summed E-state index contributed by atoms with van der Waals surface area (Å²) in [5.41, 5.74) is 0.908. The van der Waals surface area contributed by atoms with Crippen LogP contribution in [-0.4, -0.2) is 51.6 Å². The number of likely N-dealkylation sites (N-methyl/N-ethyl adjacent to an activating group) is 1. The average Bonchev–Trinajstić information content (AvgIpc) is 3.32. The second kappa shape index (κ2) is 7.78. The van der Waals surface area contributed by atoms with Crippen molar-refractivity contribution in [3.63, 3.8) is 0 Å². The number of nitrogens with zero attached hydrogens (tertiary/aromatic N) is 4.